The highest BCUT2D eigenvalue weighted by molar-refractivity contribution is 6.47. The molecule has 1 atom stereocenters. The zero-order valence-electron chi connectivity index (χ0n) is 29.7. The smallest absolute Gasteiger partial charge is 0.153 e. The van der Waals surface area contributed by atoms with Crippen LogP contribution in [0.5, 0.6) is 0 Å². The maximum absolute atomic E-state index is 5.14. The first kappa shape index (κ1) is 35.9. The first-order chi connectivity index (χ1) is 23.3. The summed E-state index contributed by atoms with van der Waals surface area (Å²) in [7, 11) is 0. The fourth-order valence-corrected chi connectivity index (χ4v) is 5.70. The van der Waals surface area contributed by atoms with Gasteiger partial charge in [0.05, 0.1) is 11.4 Å². The summed E-state index contributed by atoms with van der Waals surface area (Å²) in [6.07, 6.45) is 18.5. The third kappa shape index (κ3) is 9.78. The summed E-state index contributed by atoms with van der Waals surface area (Å²) >= 11 is 0. The number of anilines is 2. The first-order valence-corrected chi connectivity index (χ1v) is 17.3. The minimum atomic E-state index is 0.177. The zero-order chi connectivity index (χ0) is 34.5. The highest BCUT2D eigenvalue weighted by Crippen LogP contribution is 2.26. The summed E-state index contributed by atoms with van der Waals surface area (Å²) in [5.41, 5.74) is 13.0. The predicted molar refractivity (Wildman–Crippen MR) is 213 cm³/mol. The Morgan fingerprint density at radius 2 is 1.58 bits per heavy atom. The van der Waals surface area contributed by atoms with E-state index in [1.54, 1.807) is 0 Å². The summed E-state index contributed by atoms with van der Waals surface area (Å²) in [6.45, 7) is 21.1. The lowest BCUT2D eigenvalue weighted by molar-refractivity contribution is 0.984. The first-order valence-electron chi connectivity index (χ1n) is 17.3. The van der Waals surface area contributed by atoms with Crippen molar-refractivity contribution >= 4 is 39.9 Å². The van der Waals surface area contributed by atoms with Crippen molar-refractivity contribution in [3.05, 3.63) is 150 Å². The molecule has 2 aliphatic rings. The van der Waals surface area contributed by atoms with Crippen molar-refractivity contribution < 1.29 is 0 Å². The molecule has 4 heteroatoms. The molecule has 0 radical (unpaired) electrons. The topological polar surface area (TPSA) is 48.8 Å². The van der Waals surface area contributed by atoms with Crippen molar-refractivity contribution in [1.29, 1.82) is 0 Å². The van der Waals surface area contributed by atoms with E-state index < -0.39 is 0 Å². The molecule has 2 N–H and O–H groups in total. The van der Waals surface area contributed by atoms with Gasteiger partial charge in [-0.25, -0.2) is 4.99 Å². The standard InChI is InChI=1S/C36H40N4.C8H12/c1-8-27-14-19-33(23-28(27)9-2)39-36(35-25(6)20-21-37-35)40-34(10-3)31-13-11-12-30(22-31)26(7)38-32-17-15-29(16-18-32)24(4)5;1-2-8-6-4-3-5-7-8/h10-23,25,38H,4,7-9H2,1-3,5-6H3,(H,39,40);4,6-7H,2-3,5H2,1H3/b34-10-;. The van der Waals surface area contributed by atoms with E-state index in [2.05, 4.69) is 129 Å². The quantitative estimate of drug-likeness (QED) is 0.162. The van der Waals surface area contributed by atoms with Crippen LogP contribution in [-0.2, 0) is 12.8 Å². The molecule has 0 saturated carbocycles. The van der Waals surface area contributed by atoms with Gasteiger partial charge in [0, 0.05) is 34.8 Å². The van der Waals surface area contributed by atoms with Crippen LogP contribution in [0.1, 0.15) is 88.6 Å². The molecule has 1 unspecified atom stereocenters. The zero-order valence-corrected chi connectivity index (χ0v) is 29.7. The highest BCUT2D eigenvalue weighted by atomic mass is 15.0. The van der Waals surface area contributed by atoms with Gasteiger partial charge in [-0.3, -0.25) is 4.99 Å². The van der Waals surface area contributed by atoms with Crippen molar-refractivity contribution in [2.75, 3.05) is 10.6 Å². The number of rotatable bonds is 11. The van der Waals surface area contributed by atoms with Gasteiger partial charge >= 0.3 is 0 Å². The maximum atomic E-state index is 5.14. The van der Waals surface area contributed by atoms with Crippen LogP contribution in [0.15, 0.2) is 132 Å². The van der Waals surface area contributed by atoms with E-state index in [1.807, 2.05) is 44.3 Å². The number of nitrogens with one attached hydrogen (secondary N) is 2. The molecule has 3 aromatic carbocycles. The second-order valence-electron chi connectivity index (χ2n) is 12.2. The van der Waals surface area contributed by atoms with Crippen LogP contribution < -0.4 is 10.6 Å². The SMILES string of the molecule is C=C(C)c1ccc(NC(=C)c2cccc(/C(=C/C)N=C(Nc3ccc(CC)c(CC)c3)C3=NC=CC3C)c2)cc1.CCC1=CCCC=C1. The van der Waals surface area contributed by atoms with Gasteiger partial charge in [0.15, 0.2) is 5.84 Å². The molecule has 1 aliphatic carbocycles. The van der Waals surface area contributed by atoms with Crippen LogP contribution in [0, 0.1) is 5.92 Å². The number of nitrogens with zero attached hydrogens (tertiary/aromatic N) is 2. The number of amidine groups is 1. The van der Waals surface area contributed by atoms with Crippen LogP contribution >= 0.6 is 0 Å². The Kier molecular flexibility index (Phi) is 13.3. The number of hydrogen-bond donors (Lipinski definition) is 2. The van der Waals surface area contributed by atoms with E-state index in [4.69, 9.17) is 4.99 Å². The molecule has 1 heterocycles. The normalized spacial score (nSPS) is 15.7. The Balaban J connectivity index is 0.000000569. The van der Waals surface area contributed by atoms with Crippen molar-refractivity contribution in [3.63, 3.8) is 0 Å². The molecule has 4 nitrogen and oxygen atoms in total. The van der Waals surface area contributed by atoms with Gasteiger partial charge in [-0.05, 0) is 98.5 Å². The molecule has 0 amide bonds. The summed E-state index contributed by atoms with van der Waals surface area (Å²) in [5, 5.41) is 7.03. The van der Waals surface area contributed by atoms with Crippen LogP contribution in [-0.4, -0.2) is 11.5 Å². The number of allylic oxidation sites excluding steroid dienone is 7. The Morgan fingerprint density at radius 1 is 0.854 bits per heavy atom. The second kappa shape index (κ2) is 17.8. The van der Waals surface area contributed by atoms with Crippen molar-refractivity contribution in [2.45, 2.75) is 73.6 Å². The van der Waals surface area contributed by atoms with E-state index in [0.717, 1.165) is 69.4 Å². The van der Waals surface area contributed by atoms with E-state index in [1.165, 1.54) is 36.0 Å². The molecule has 0 saturated heterocycles. The minimum absolute atomic E-state index is 0.177. The van der Waals surface area contributed by atoms with Gasteiger partial charge in [0.1, 0.15) is 0 Å². The molecule has 1 aliphatic heterocycles. The van der Waals surface area contributed by atoms with Gasteiger partial charge in [-0.15, -0.1) is 0 Å². The Hall–Kier alpha value is -4.96. The summed E-state index contributed by atoms with van der Waals surface area (Å²) < 4.78 is 0. The largest absolute Gasteiger partial charge is 0.356 e. The van der Waals surface area contributed by atoms with E-state index in [-0.39, 0.29) is 5.92 Å². The van der Waals surface area contributed by atoms with Gasteiger partial charge < -0.3 is 10.6 Å². The molecular formula is C44H52N4. The lowest BCUT2D eigenvalue weighted by Gasteiger charge is -2.17. The molecule has 48 heavy (non-hydrogen) atoms. The number of aliphatic imine (C=N–C) groups is 2. The van der Waals surface area contributed by atoms with Crippen molar-refractivity contribution in [1.82, 2.24) is 0 Å². The molecule has 3 aromatic rings. The average Bonchev–Trinajstić information content (AvgIpc) is 3.56. The molecule has 0 spiro atoms. The van der Waals surface area contributed by atoms with Gasteiger partial charge in [0.2, 0.25) is 0 Å². The van der Waals surface area contributed by atoms with E-state index in [0.29, 0.717) is 0 Å². The lowest BCUT2D eigenvalue weighted by Crippen LogP contribution is -2.26. The fourth-order valence-electron chi connectivity index (χ4n) is 5.70. The lowest BCUT2D eigenvalue weighted by atomic mass is 10.0. The Labute approximate surface area is 289 Å². The molecular weight excluding hydrogens is 585 g/mol. The third-order valence-electron chi connectivity index (χ3n) is 8.66. The minimum Gasteiger partial charge on any atom is -0.356 e. The number of benzene rings is 3. The predicted octanol–water partition coefficient (Wildman–Crippen LogP) is 12.1. The third-order valence-corrected chi connectivity index (χ3v) is 8.66. The van der Waals surface area contributed by atoms with Crippen LogP contribution in [0.2, 0.25) is 0 Å². The molecule has 248 valence electrons. The number of aryl methyl sites for hydroxylation is 2. The van der Waals surface area contributed by atoms with E-state index >= 15 is 0 Å². The second-order valence-corrected chi connectivity index (χ2v) is 12.2. The monoisotopic (exact) mass is 636 g/mol. The summed E-state index contributed by atoms with van der Waals surface area (Å²) in [4.78, 5) is 9.80. The summed E-state index contributed by atoms with van der Waals surface area (Å²) in [6, 6.07) is 23.1. The van der Waals surface area contributed by atoms with Crippen LogP contribution in [0.3, 0.4) is 0 Å². The molecule has 0 bridgehead atoms. The Bertz CT molecular complexity index is 1780. The molecule has 5 rings (SSSR count). The average molecular weight is 637 g/mol. The fraction of sp³-hybridized carbons (Fsp3) is 0.273. The van der Waals surface area contributed by atoms with Crippen molar-refractivity contribution in [2.24, 2.45) is 15.9 Å². The van der Waals surface area contributed by atoms with Crippen LogP contribution in [0.4, 0.5) is 11.4 Å². The van der Waals surface area contributed by atoms with Gasteiger partial charge in [0.25, 0.3) is 0 Å². The van der Waals surface area contributed by atoms with Gasteiger partial charge in [-0.1, -0.05) is 119 Å². The summed E-state index contributed by atoms with van der Waals surface area (Å²) in [5.74, 6) is 0.938. The highest BCUT2D eigenvalue weighted by Gasteiger charge is 2.20. The maximum Gasteiger partial charge on any atom is 0.153 e. The van der Waals surface area contributed by atoms with Gasteiger partial charge in [-0.2, -0.15) is 0 Å². The number of hydrogen-bond acceptors (Lipinski definition) is 3. The van der Waals surface area contributed by atoms with Crippen LogP contribution in [0.25, 0.3) is 17.0 Å². The molecule has 0 fully saturated rings. The molecule has 0 aromatic heterocycles. The van der Waals surface area contributed by atoms with Crippen molar-refractivity contribution in [3.8, 4) is 0 Å². The van der Waals surface area contributed by atoms with E-state index in [9.17, 15) is 0 Å². The Morgan fingerprint density at radius 3 is 2.17 bits per heavy atom.